The molecule has 1 saturated heterocycles. The van der Waals surface area contributed by atoms with Gasteiger partial charge in [-0.05, 0) is 65.8 Å². The summed E-state index contributed by atoms with van der Waals surface area (Å²) >= 11 is 0. The zero-order chi connectivity index (χ0) is 25.0. The fraction of sp³-hybridized carbons (Fsp3) is 0.308. The Balaban J connectivity index is 1.60. The first-order valence-corrected chi connectivity index (χ1v) is 13.2. The van der Waals surface area contributed by atoms with E-state index in [9.17, 15) is 13.2 Å². The molecule has 5 N–H and O–H groups in total. The van der Waals surface area contributed by atoms with Gasteiger partial charge in [-0.2, -0.15) is 4.72 Å². The Hall–Kier alpha value is -3.43. The first-order chi connectivity index (χ1) is 16.7. The Labute approximate surface area is 206 Å². The Morgan fingerprint density at radius 2 is 1.69 bits per heavy atom. The highest BCUT2D eigenvalue weighted by molar-refractivity contribution is 7.89. The van der Waals surface area contributed by atoms with Gasteiger partial charge in [0.1, 0.15) is 6.04 Å². The molecule has 0 spiro atoms. The van der Waals surface area contributed by atoms with Gasteiger partial charge in [0.2, 0.25) is 15.9 Å². The number of fused-ring (bicyclic) bond motifs is 1. The smallest absolute Gasteiger partial charge is 0.241 e. The summed E-state index contributed by atoms with van der Waals surface area (Å²) in [7, 11) is -3.94. The standard InChI is InChI=1S/C26H31N5O3S/c1-18-12-14-31(15-13-18)25(32)24(16-19-6-9-22(10-7-19)29-26(27)28)30-35(33,34)23-11-8-20-4-2-3-5-21(20)17-23/h2-11,17-18,24,30H,12-16H2,1H3,(H4,27,28,29)/t24-/m0/s1. The highest BCUT2D eigenvalue weighted by atomic mass is 32.2. The fourth-order valence-electron chi connectivity index (χ4n) is 4.31. The number of nitrogens with one attached hydrogen (secondary N) is 1. The number of piperidine rings is 1. The van der Waals surface area contributed by atoms with Crippen LogP contribution in [0.2, 0.25) is 0 Å². The van der Waals surface area contributed by atoms with Crippen molar-refractivity contribution in [1.82, 2.24) is 9.62 Å². The minimum Gasteiger partial charge on any atom is -0.370 e. The van der Waals surface area contributed by atoms with Crippen LogP contribution in [0.1, 0.15) is 25.3 Å². The van der Waals surface area contributed by atoms with E-state index in [0.717, 1.165) is 29.2 Å². The van der Waals surface area contributed by atoms with E-state index >= 15 is 0 Å². The monoisotopic (exact) mass is 493 g/mol. The maximum Gasteiger partial charge on any atom is 0.241 e. The Morgan fingerprint density at radius 3 is 2.34 bits per heavy atom. The van der Waals surface area contributed by atoms with Crippen LogP contribution in [0.15, 0.2) is 76.6 Å². The molecule has 0 radical (unpaired) electrons. The molecule has 35 heavy (non-hydrogen) atoms. The third-order valence-electron chi connectivity index (χ3n) is 6.36. The number of benzene rings is 3. The number of hydrogen-bond donors (Lipinski definition) is 3. The molecule has 0 aliphatic carbocycles. The second-order valence-electron chi connectivity index (χ2n) is 9.10. The SMILES string of the molecule is CC1CCN(C(=O)[C@H](Cc2ccc(N=C(N)N)cc2)NS(=O)(=O)c2ccc3ccccc3c2)CC1. The molecule has 0 aromatic heterocycles. The number of sulfonamides is 1. The van der Waals surface area contributed by atoms with Gasteiger partial charge in [-0.1, -0.05) is 49.4 Å². The second kappa shape index (κ2) is 10.5. The topological polar surface area (TPSA) is 131 Å². The molecule has 1 aliphatic heterocycles. The van der Waals surface area contributed by atoms with Crippen LogP contribution < -0.4 is 16.2 Å². The van der Waals surface area contributed by atoms with E-state index in [4.69, 9.17) is 11.5 Å². The van der Waals surface area contributed by atoms with E-state index in [2.05, 4.69) is 16.6 Å². The summed E-state index contributed by atoms with van der Waals surface area (Å²) in [5.74, 6) is 0.290. The maximum absolute atomic E-state index is 13.5. The molecule has 9 heteroatoms. The van der Waals surface area contributed by atoms with Crippen LogP contribution in [0.4, 0.5) is 5.69 Å². The Kier molecular flexibility index (Phi) is 7.37. The molecular weight excluding hydrogens is 462 g/mol. The third kappa shape index (κ3) is 6.17. The number of likely N-dealkylation sites (tertiary alicyclic amines) is 1. The molecule has 0 saturated carbocycles. The predicted molar refractivity (Wildman–Crippen MR) is 139 cm³/mol. The van der Waals surface area contributed by atoms with Crippen molar-refractivity contribution in [2.24, 2.45) is 22.4 Å². The summed E-state index contributed by atoms with van der Waals surface area (Å²) in [6.07, 6.45) is 2.02. The van der Waals surface area contributed by atoms with Crippen molar-refractivity contribution in [2.75, 3.05) is 13.1 Å². The molecule has 1 amide bonds. The normalized spacial score (nSPS) is 15.6. The van der Waals surface area contributed by atoms with Gasteiger partial charge in [0.05, 0.1) is 10.6 Å². The molecule has 3 aromatic carbocycles. The van der Waals surface area contributed by atoms with Crippen molar-refractivity contribution < 1.29 is 13.2 Å². The van der Waals surface area contributed by atoms with E-state index in [0.29, 0.717) is 24.7 Å². The number of hydrogen-bond acceptors (Lipinski definition) is 4. The molecule has 1 atom stereocenters. The van der Waals surface area contributed by atoms with Crippen LogP contribution in [0.25, 0.3) is 10.8 Å². The lowest BCUT2D eigenvalue weighted by atomic mass is 9.98. The second-order valence-corrected chi connectivity index (χ2v) is 10.8. The summed E-state index contributed by atoms with van der Waals surface area (Å²) in [6.45, 7) is 3.41. The highest BCUT2D eigenvalue weighted by Gasteiger charge is 2.31. The summed E-state index contributed by atoms with van der Waals surface area (Å²) in [5, 5.41) is 1.76. The minimum absolute atomic E-state index is 0.0479. The summed E-state index contributed by atoms with van der Waals surface area (Å²) in [5.41, 5.74) is 12.2. The van der Waals surface area contributed by atoms with E-state index in [-0.39, 0.29) is 23.2 Å². The molecule has 184 valence electrons. The molecule has 1 fully saturated rings. The van der Waals surface area contributed by atoms with Gasteiger partial charge in [0, 0.05) is 13.1 Å². The van der Waals surface area contributed by atoms with E-state index < -0.39 is 16.1 Å². The molecule has 0 unspecified atom stereocenters. The van der Waals surface area contributed by atoms with Gasteiger partial charge in [-0.3, -0.25) is 4.79 Å². The van der Waals surface area contributed by atoms with Crippen molar-refractivity contribution in [3.05, 3.63) is 72.3 Å². The van der Waals surface area contributed by atoms with Crippen molar-refractivity contribution in [1.29, 1.82) is 0 Å². The molecule has 3 aromatic rings. The average Bonchev–Trinajstić information content (AvgIpc) is 2.84. The molecule has 0 bridgehead atoms. The maximum atomic E-state index is 13.5. The number of carbonyl (C=O) groups excluding carboxylic acids is 1. The van der Waals surface area contributed by atoms with Crippen LogP contribution in [-0.4, -0.2) is 44.3 Å². The quantitative estimate of drug-likeness (QED) is 0.344. The van der Waals surface area contributed by atoms with Crippen LogP contribution >= 0.6 is 0 Å². The van der Waals surface area contributed by atoms with Crippen LogP contribution in [-0.2, 0) is 21.2 Å². The Bertz CT molecular complexity index is 1330. The predicted octanol–water partition coefficient (Wildman–Crippen LogP) is 2.89. The number of carbonyl (C=O) groups is 1. The largest absolute Gasteiger partial charge is 0.370 e. The van der Waals surface area contributed by atoms with Crippen LogP contribution in [0.3, 0.4) is 0 Å². The molecular formula is C26H31N5O3S. The fourth-order valence-corrected chi connectivity index (χ4v) is 5.53. The van der Waals surface area contributed by atoms with Gasteiger partial charge in [0.25, 0.3) is 0 Å². The molecule has 1 heterocycles. The number of rotatable bonds is 7. The van der Waals surface area contributed by atoms with Crippen molar-refractivity contribution in [3.63, 3.8) is 0 Å². The first-order valence-electron chi connectivity index (χ1n) is 11.7. The van der Waals surface area contributed by atoms with Crippen molar-refractivity contribution in [2.45, 2.75) is 37.1 Å². The summed E-state index contributed by atoms with van der Waals surface area (Å²) in [6, 6.07) is 18.7. The van der Waals surface area contributed by atoms with Gasteiger partial charge in [-0.15, -0.1) is 0 Å². The summed E-state index contributed by atoms with van der Waals surface area (Å²) < 4.78 is 29.4. The third-order valence-corrected chi connectivity index (χ3v) is 7.83. The number of nitrogens with two attached hydrogens (primary N) is 2. The number of aliphatic imine (C=N–C) groups is 1. The number of guanidine groups is 1. The zero-order valence-corrected chi connectivity index (χ0v) is 20.5. The Morgan fingerprint density at radius 1 is 1.03 bits per heavy atom. The minimum atomic E-state index is -3.94. The van der Waals surface area contributed by atoms with Gasteiger partial charge < -0.3 is 16.4 Å². The van der Waals surface area contributed by atoms with Gasteiger partial charge in [-0.25, -0.2) is 13.4 Å². The lowest BCUT2D eigenvalue weighted by molar-refractivity contribution is -0.134. The van der Waals surface area contributed by atoms with Gasteiger partial charge in [0.15, 0.2) is 5.96 Å². The van der Waals surface area contributed by atoms with E-state index in [1.54, 1.807) is 47.4 Å². The number of amides is 1. The number of nitrogens with zero attached hydrogens (tertiary/aromatic N) is 2. The molecule has 1 aliphatic rings. The molecule has 8 nitrogen and oxygen atoms in total. The highest BCUT2D eigenvalue weighted by Crippen LogP contribution is 2.22. The van der Waals surface area contributed by atoms with E-state index in [1.165, 1.54) is 0 Å². The average molecular weight is 494 g/mol. The molecule has 4 rings (SSSR count). The first kappa shape index (κ1) is 24.7. The summed E-state index contributed by atoms with van der Waals surface area (Å²) in [4.78, 5) is 19.4. The van der Waals surface area contributed by atoms with Crippen LogP contribution in [0, 0.1) is 5.92 Å². The van der Waals surface area contributed by atoms with Crippen LogP contribution in [0.5, 0.6) is 0 Å². The lowest BCUT2D eigenvalue weighted by Gasteiger charge is -2.33. The van der Waals surface area contributed by atoms with Gasteiger partial charge >= 0.3 is 0 Å². The van der Waals surface area contributed by atoms with Crippen molar-refractivity contribution >= 4 is 38.3 Å². The zero-order valence-electron chi connectivity index (χ0n) is 19.7. The van der Waals surface area contributed by atoms with Crippen molar-refractivity contribution in [3.8, 4) is 0 Å². The van der Waals surface area contributed by atoms with E-state index in [1.807, 2.05) is 24.3 Å². The lowest BCUT2D eigenvalue weighted by Crippen LogP contribution is -2.51.